The van der Waals surface area contributed by atoms with Crippen LogP contribution in [0, 0.1) is 6.92 Å². The summed E-state index contributed by atoms with van der Waals surface area (Å²) in [5.41, 5.74) is 7.20. The van der Waals surface area contributed by atoms with Gasteiger partial charge in [0.15, 0.2) is 11.0 Å². The number of amides is 1. The van der Waals surface area contributed by atoms with Gasteiger partial charge < -0.3 is 5.73 Å². The van der Waals surface area contributed by atoms with Crippen LogP contribution in [0.25, 0.3) is 11.4 Å². The molecule has 146 valence electrons. The molecule has 2 N–H and O–H groups in total. The van der Waals surface area contributed by atoms with Crippen LogP contribution in [-0.4, -0.2) is 20.7 Å². The van der Waals surface area contributed by atoms with Crippen molar-refractivity contribution in [1.82, 2.24) is 14.8 Å². The minimum Gasteiger partial charge on any atom is -0.368 e. The Kier molecular flexibility index (Phi) is 5.73. The van der Waals surface area contributed by atoms with E-state index in [-0.39, 0.29) is 6.54 Å². The predicted octanol–water partition coefficient (Wildman–Crippen LogP) is 4.05. The average Bonchev–Trinajstić information content (AvgIpc) is 3.01. The van der Waals surface area contributed by atoms with Gasteiger partial charge in [-0.05, 0) is 30.7 Å². The number of hydrogen-bond donors (Lipinski definition) is 1. The zero-order valence-corrected chi connectivity index (χ0v) is 15.7. The van der Waals surface area contributed by atoms with E-state index in [2.05, 4.69) is 10.2 Å². The fraction of sp³-hybridized carbons (Fsp3) is 0.211. The van der Waals surface area contributed by atoms with E-state index in [0.29, 0.717) is 22.3 Å². The highest BCUT2D eigenvalue weighted by Crippen LogP contribution is 2.31. The fourth-order valence-electron chi connectivity index (χ4n) is 2.63. The molecule has 1 amide bonds. The zero-order valence-electron chi connectivity index (χ0n) is 14.9. The smallest absolute Gasteiger partial charge is 0.368 e. The van der Waals surface area contributed by atoms with E-state index in [9.17, 15) is 18.0 Å². The number of carbonyl (C=O) groups is 1. The topological polar surface area (TPSA) is 73.8 Å². The normalized spacial score (nSPS) is 11.6. The molecular weight excluding hydrogens is 389 g/mol. The Morgan fingerprint density at radius 2 is 1.86 bits per heavy atom. The molecule has 0 spiro atoms. The lowest BCUT2D eigenvalue weighted by atomic mass is 10.1. The molecule has 0 aliphatic carbocycles. The third kappa shape index (κ3) is 4.72. The second kappa shape index (κ2) is 8.05. The number of aromatic nitrogens is 3. The summed E-state index contributed by atoms with van der Waals surface area (Å²) >= 11 is 1.28. The number of aryl methyl sites for hydroxylation is 1. The lowest BCUT2D eigenvalue weighted by Crippen LogP contribution is -2.20. The molecule has 0 aliphatic rings. The summed E-state index contributed by atoms with van der Waals surface area (Å²) in [6.45, 7) is 1.85. The van der Waals surface area contributed by atoms with Crippen molar-refractivity contribution < 1.29 is 18.0 Å². The molecule has 0 bridgehead atoms. The van der Waals surface area contributed by atoms with Crippen LogP contribution in [0.2, 0.25) is 0 Å². The maximum Gasteiger partial charge on any atom is 0.416 e. The number of nitrogens with two attached hydrogens (primary N) is 1. The monoisotopic (exact) mass is 406 g/mol. The summed E-state index contributed by atoms with van der Waals surface area (Å²) in [5, 5.41) is 8.78. The first-order valence-electron chi connectivity index (χ1n) is 8.31. The van der Waals surface area contributed by atoms with Gasteiger partial charge in [-0.1, -0.05) is 47.7 Å². The van der Waals surface area contributed by atoms with Gasteiger partial charge in [0.1, 0.15) is 6.54 Å². The maximum atomic E-state index is 12.7. The number of nitrogens with zero attached hydrogens (tertiary/aromatic N) is 3. The number of carbonyl (C=O) groups excluding carboxylic acids is 1. The van der Waals surface area contributed by atoms with Crippen molar-refractivity contribution in [3.63, 3.8) is 0 Å². The summed E-state index contributed by atoms with van der Waals surface area (Å²) in [6.07, 6.45) is -4.37. The Hall–Kier alpha value is -2.81. The molecule has 5 nitrogen and oxygen atoms in total. The van der Waals surface area contributed by atoms with Crippen molar-refractivity contribution in [2.45, 2.75) is 30.6 Å². The van der Waals surface area contributed by atoms with Gasteiger partial charge in [-0.25, -0.2) is 0 Å². The first-order valence-corrected chi connectivity index (χ1v) is 9.30. The molecule has 1 aromatic heterocycles. The number of halogens is 3. The summed E-state index contributed by atoms with van der Waals surface area (Å²) < 4.78 is 39.6. The molecule has 3 rings (SSSR count). The minimum absolute atomic E-state index is 0.0916. The summed E-state index contributed by atoms with van der Waals surface area (Å²) in [5.74, 6) is 0.352. The van der Waals surface area contributed by atoms with Crippen molar-refractivity contribution in [2.75, 3.05) is 0 Å². The molecule has 1 heterocycles. The molecule has 0 aliphatic heterocycles. The van der Waals surface area contributed by atoms with Gasteiger partial charge in [-0.15, -0.1) is 10.2 Å². The fourth-order valence-corrected chi connectivity index (χ4v) is 3.52. The molecule has 0 saturated heterocycles. The van der Waals surface area contributed by atoms with E-state index in [1.165, 1.54) is 23.9 Å². The van der Waals surface area contributed by atoms with E-state index >= 15 is 0 Å². The van der Waals surface area contributed by atoms with Crippen LogP contribution < -0.4 is 5.73 Å². The quantitative estimate of drug-likeness (QED) is 0.627. The first-order chi connectivity index (χ1) is 13.2. The molecular formula is C19H17F3N4OS. The van der Waals surface area contributed by atoms with Crippen molar-refractivity contribution in [1.29, 1.82) is 0 Å². The summed E-state index contributed by atoms with van der Waals surface area (Å²) in [7, 11) is 0. The van der Waals surface area contributed by atoms with E-state index in [0.717, 1.165) is 23.3 Å². The average molecular weight is 406 g/mol. The number of rotatable bonds is 6. The molecule has 0 radical (unpaired) electrons. The summed E-state index contributed by atoms with van der Waals surface area (Å²) in [6, 6.07) is 12.5. The molecule has 28 heavy (non-hydrogen) atoms. The van der Waals surface area contributed by atoms with Crippen LogP contribution in [0.15, 0.2) is 53.7 Å². The lowest BCUT2D eigenvalue weighted by molar-refractivity contribution is -0.137. The molecule has 0 unspecified atom stereocenters. The van der Waals surface area contributed by atoms with Crippen molar-refractivity contribution in [3.8, 4) is 11.4 Å². The van der Waals surface area contributed by atoms with Crippen LogP contribution in [0.4, 0.5) is 13.2 Å². The minimum atomic E-state index is -4.37. The zero-order chi connectivity index (χ0) is 20.3. The SMILES string of the molecule is Cc1cccc(-c2nnc(SCc3ccc(C(F)(F)F)cc3)n2CC(N)=O)c1. The van der Waals surface area contributed by atoms with Gasteiger partial charge in [0, 0.05) is 11.3 Å². The molecule has 0 fully saturated rings. The van der Waals surface area contributed by atoms with Crippen LogP contribution in [0.3, 0.4) is 0 Å². The summed E-state index contributed by atoms with van der Waals surface area (Å²) in [4.78, 5) is 11.5. The largest absolute Gasteiger partial charge is 0.416 e. The number of thioether (sulfide) groups is 1. The highest BCUT2D eigenvalue weighted by Gasteiger charge is 2.29. The van der Waals surface area contributed by atoms with Crippen LogP contribution >= 0.6 is 11.8 Å². The van der Waals surface area contributed by atoms with Crippen molar-refractivity contribution >= 4 is 17.7 Å². The maximum absolute atomic E-state index is 12.7. The highest BCUT2D eigenvalue weighted by molar-refractivity contribution is 7.98. The Bertz CT molecular complexity index is 984. The number of benzene rings is 2. The molecule has 0 atom stereocenters. The second-order valence-electron chi connectivity index (χ2n) is 6.21. The van der Waals surface area contributed by atoms with E-state index in [4.69, 9.17) is 5.73 Å². The van der Waals surface area contributed by atoms with Gasteiger partial charge in [-0.3, -0.25) is 9.36 Å². The van der Waals surface area contributed by atoms with Crippen LogP contribution in [0.1, 0.15) is 16.7 Å². The van der Waals surface area contributed by atoms with E-state index in [1.54, 1.807) is 4.57 Å². The lowest BCUT2D eigenvalue weighted by Gasteiger charge is -2.09. The standard InChI is InChI=1S/C19H17F3N4OS/c1-12-3-2-4-14(9-12)17-24-25-18(26(17)10-16(23)27)28-11-13-5-7-15(8-6-13)19(20,21)22/h2-9H,10-11H2,1H3,(H2,23,27). The Morgan fingerprint density at radius 3 is 2.46 bits per heavy atom. The van der Waals surface area contributed by atoms with Gasteiger partial charge in [-0.2, -0.15) is 13.2 Å². The van der Waals surface area contributed by atoms with Crippen LogP contribution in [-0.2, 0) is 23.3 Å². The molecule has 0 saturated carbocycles. The molecule has 2 aromatic carbocycles. The van der Waals surface area contributed by atoms with Gasteiger partial charge in [0.2, 0.25) is 5.91 Å². The van der Waals surface area contributed by atoms with Crippen molar-refractivity contribution in [3.05, 3.63) is 65.2 Å². The Morgan fingerprint density at radius 1 is 1.14 bits per heavy atom. The predicted molar refractivity (Wildman–Crippen MR) is 100 cm³/mol. The highest BCUT2D eigenvalue weighted by atomic mass is 32.2. The number of hydrogen-bond acceptors (Lipinski definition) is 4. The number of alkyl halides is 3. The van der Waals surface area contributed by atoms with Gasteiger partial charge in [0.05, 0.1) is 5.56 Å². The Balaban J connectivity index is 1.83. The number of primary amides is 1. The van der Waals surface area contributed by atoms with E-state index < -0.39 is 17.6 Å². The first kappa shape index (κ1) is 19.9. The molecule has 3 aromatic rings. The third-order valence-corrected chi connectivity index (χ3v) is 4.99. The third-order valence-electron chi connectivity index (χ3n) is 3.96. The van der Waals surface area contributed by atoms with Crippen LogP contribution in [0.5, 0.6) is 0 Å². The van der Waals surface area contributed by atoms with E-state index in [1.807, 2.05) is 31.2 Å². The molecule has 9 heteroatoms. The Labute approximate surface area is 163 Å². The van der Waals surface area contributed by atoms with Gasteiger partial charge in [0.25, 0.3) is 0 Å². The second-order valence-corrected chi connectivity index (χ2v) is 7.15. The van der Waals surface area contributed by atoms with Gasteiger partial charge >= 0.3 is 6.18 Å². The van der Waals surface area contributed by atoms with Crippen molar-refractivity contribution in [2.24, 2.45) is 5.73 Å².